The number of aromatic nitrogens is 2. The summed E-state index contributed by atoms with van der Waals surface area (Å²) in [6, 6.07) is 4.97. The van der Waals surface area contributed by atoms with Crippen molar-refractivity contribution < 1.29 is 9.90 Å². The SMILES string of the molecule is CCN(C(=O)c1cnns1)c1cc(O)ccc1C. The number of benzene rings is 1. The Bertz CT molecular complexity index is 554. The summed E-state index contributed by atoms with van der Waals surface area (Å²) in [6.07, 6.45) is 1.45. The minimum absolute atomic E-state index is 0.143. The van der Waals surface area contributed by atoms with Gasteiger partial charge >= 0.3 is 0 Å². The minimum atomic E-state index is -0.152. The van der Waals surface area contributed by atoms with Gasteiger partial charge in [-0.1, -0.05) is 10.6 Å². The normalized spacial score (nSPS) is 10.3. The van der Waals surface area contributed by atoms with Crippen LogP contribution < -0.4 is 4.90 Å². The van der Waals surface area contributed by atoms with Crippen molar-refractivity contribution in [1.82, 2.24) is 9.59 Å². The third-order valence-electron chi connectivity index (χ3n) is 2.62. The second kappa shape index (κ2) is 5.14. The fourth-order valence-corrected chi connectivity index (χ4v) is 2.17. The summed E-state index contributed by atoms with van der Waals surface area (Å²) in [5.74, 6) is -0.00882. The predicted molar refractivity (Wildman–Crippen MR) is 70.1 cm³/mol. The molecule has 0 unspecified atom stereocenters. The van der Waals surface area contributed by atoms with Crippen LogP contribution in [0.15, 0.2) is 24.4 Å². The zero-order valence-corrected chi connectivity index (χ0v) is 10.9. The number of rotatable bonds is 3. The molecule has 0 saturated heterocycles. The summed E-state index contributed by atoms with van der Waals surface area (Å²) in [4.78, 5) is 14.4. The molecule has 0 radical (unpaired) electrons. The minimum Gasteiger partial charge on any atom is -0.508 e. The topological polar surface area (TPSA) is 66.3 Å². The number of hydrogen-bond acceptors (Lipinski definition) is 5. The molecule has 18 heavy (non-hydrogen) atoms. The highest BCUT2D eigenvalue weighted by atomic mass is 32.1. The van der Waals surface area contributed by atoms with Crippen molar-refractivity contribution in [3.8, 4) is 5.75 Å². The molecular formula is C12H13N3O2S. The number of carbonyl (C=O) groups is 1. The average molecular weight is 263 g/mol. The molecule has 2 rings (SSSR count). The van der Waals surface area contributed by atoms with Crippen molar-refractivity contribution in [3.63, 3.8) is 0 Å². The Morgan fingerprint density at radius 2 is 2.28 bits per heavy atom. The van der Waals surface area contributed by atoms with Crippen LogP contribution in [0.5, 0.6) is 5.75 Å². The third kappa shape index (κ3) is 2.33. The first kappa shape index (κ1) is 12.5. The van der Waals surface area contributed by atoms with E-state index in [9.17, 15) is 9.90 Å². The van der Waals surface area contributed by atoms with Gasteiger partial charge in [-0.05, 0) is 37.0 Å². The van der Waals surface area contributed by atoms with Gasteiger partial charge in [0.15, 0.2) is 0 Å². The van der Waals surface area contributed by atoms with E-state index in [0.717, 1.165) is 17.1 Å². The number of hydrogen-bond donors (Lipinski definition) is 1. The van der Waals surface area contributed by atoms with E-state index in [1.165, 1.54) is 6.20 Å². The van der Waals surface area contributed by atoms with Crippen LogP contribution in [0.4, 0.5) is 5.69 Å². The molecule has 0 aliphatic carbocycles. The molecule has 0 fully saturated rings. The van der Waals surface area contributed by atoms with Crippen LogP contribution in [0.1, 0.15) is 22.2 Å². The Kier molecular flexibility index (Phi) is 3.57. The Hall–Kier alpha value is -1.95. The van der Waals surface area contributed by atoms with E-state index in [1.54, 1.807) is 23.1 Å². The van der Waals surface area contributed by atoms with Crippen molar-refractivity contribution in [2.24, 2.45) is 0 Å². The number of aryl methyl sites for hydroxylation is 1. The molecule has 6 heteroatoms. The molecule has 5 nitrogen and oxygen atoms in total. The van der Waals surface area contributed by atoms with E-state index in [4.69, 9.17) is 0 Å². The van der Waals surface area contributed by atoms with Crippen molar-refractivity contribution >= 4 is 23.1 Å². The monoisotopic (exact) mass is 263 g/mol. The summed E-state index contributed by atoms with van der Waals surface area (Å²) in [5.41, 5.74) is 1.64. The summed E-state index contributed by atoms with van der Waals surface area (Å²) in [7, 11) is 0. The molecule has 1 heterocycles. The summed E-state index contributed by atoms with van der Waals surface area (Å²) >= 11 is 1.06. The van der Waals surface area contributed by atoms with Gasteiger partial charge in [-0.25, -0.2) is 0 Å². The van der Waals surface area contributed by atoms with Gasteiger partial charge in [-0.3, -0.25) is 4.79 Å². The Morgan fingerprint density at radius 1 is 1.50 bits per heavy atom. The maximum absolute atomic E-state index is 12.3. The molecule has 94 valence electrons. The summed E-state index contributed by atoms with van der Waals surface area (Å²) in [6.45, 7) is 4.30. The van der Waals surface area contributed by atoms with Gasteiger partial charge in [-0.2, -0.15) is 0 Å². The van der Waals surface area contributed by atoms with Gasteiger partial charge in [0.25, 0.3) is 5.91 Å². The first-order chi connectivity index (χ1) is 8.63. The lowest BCUT2D eigenvalue weighted by atomic mass is 10.1. The number of phenols is 1. The first-order valence-corrected chi connectivity index (χ1v) is 6.29. The zero-order chi connectivity index (χ0) is 13.1. The molecule has 0 saturated carbocycles. The van der Waals surface area contributed by atoms with E-state index in [-0.39, 0.29) is 11.7 Å². The molecule has 2 aromatic rings. The van der Waals surface area contributed by atoms with Crippen LogP contribution in [-0.2, 0) is 0 Å². The van der Waals surface area contributed by atoms with E-state index in [2.05, 4.69) is 9.59 Å². The highest BCUT2D eigenvalue weighted by Crippen LogP contribution is 2.26. The molecule has 0 aliphatic rings. The molecule has 1 amide bonds. The quantitative estimate of drug-likeness (QED) is 0.922. The first-order valence-electron chi connectivity index (χ1n) is 5.52. The van der Waals surface area contributed by atoms with Crippen LogP contribution in [0.3, 0.4) is 0 Å². The van der Waals surface area contributed by atoms with E-state index in [0.29, 0.717) is 17.1 Å². The Morgan fingerprint density at radius 3 is 2.89 bits per heavy atom. The van der Waals surface area contributed by atoms with Crippen LogP contribution >= 0.6 is 11.5 Å². The second-order valence-electron chi connectivity index (χ2n) is 3.80. The average Bonchev–Trinajstić information content (AvgIpc) is 2.88. The lowest BCUT2D eigenvalue weighted by molar-refractivity contribution is 0.0992. The zero-order valence-electron chi connectivity index (χ0n) is 10.1. The highest BCUT2D eigenvalue weighted by Gasteiger charge is 2.19. The molecule has 1 aromatic heterocycles. The molecule has 1 aromatic carbocycles. The van der Waals surface area contributed by atoms with Crippen molar-refractivity contribution in [1.29, 1.82) is 0 Å². The van der Waals surface area contributed by atoms with E-state index < -0.39 is 0 Å². The molecule has 0 atom stereocenters. The van der Waals surface area contributed by atoms with Crippen molar-refractivity contribution in [2.75, 3.05) is 11.4 Å². The smallest absolute Gasteiger partial charge is 0.271 e. The molecule has 0 spiro atoms. The Balaban J connectivity index is 2.39. The van der Waals surface area contributed by atoms with Crippen LogP contribution in [0, 0.1) is 6.92 Å². The fourth-order valence-electron chi connectivity index (χ4n) is 1.71. The van der Waals surface area contributed by atoms with Crippen LogP contribution in [-0.4, -0.2) is 27.1 Å². The predicted octanol–water partition coefficient (Wildman–Crippen LogP) is 2.22. The highest BCUT2D eigenvalue weighted by molar-refractivity contribution is 7.07. The van der Waals surface area contributed by atoms with E-state index in [1.807, 2.05) is 13.8 Å². The van der Waals surface area contributed by atoms with E-state index >= 15 is 0 Å². The van der Waals surface area contributed by atoms with Crippen molar-refractivity contribution in [3.05, 3.63) is 34.8 Å². The number of amides is 1. The number of aromatic hydroxyl groups is 1. The molecule has 1 N–H and O–H groups in total. The third-order valence-corrected chi connectivity index (χ3v) is 3.27. The number of carbonyl (C=O) groups excluding carboxylic acids is 1. The maximum Gasteiger partial charge on any atom is 0.271 e. The van der Waals surface area contributed by atoms with Crippen LogP contribution in [0.25, 0.3) is 0 Å². The summed E-state index contributed by atoms with van der Waals surface area (Å²) in [5, 5.41) is 13.2. The Labute approximate surface area is 109 Å². The van der Waals surface area contributed by atoms with Crippen LogP contribution in [0.2, 0.25) is 0 Å². The molecular weight excluding hydrogens is 250 g/mol. The number of anilines is 1. The van der Waals surface area contributed by atoms with Gasteiger partial charge in [0, 0.05) is 12.6 Å². The number of nitrogens with zero attached hydrogens (tertiary/aromatic N) is 3. The second-order valence-corrected chi connectivity index (χ2v) is 4.59. The van der Waals surface area contributed by atoms with Gasteiger partial charge in [0.2, 0.25) is 0 Å². The molecule has 0 bridgehead atoms. The summed E-state index contributed by atoms with van der Waals surface area (Å²) < 4.78 is 3.69. The number of phenolic OH excluding ortho intramolecular Hbond substituents is 1. The van der Waals surface area contributed by atoms with Gasteiger partial charge in [0.1, 0.15) is 10.6 Å². The van der Waals surface area contributed by atoms with Gasteiger partial charge in [0.05, 0.1) is 11.9 Å². The lowest BCUT2D eigenvalue weighted by Crippen LogP contribution is -2.30. The lowest BCUT2D eigenvalue weighted by Gasteiger charge is -2.22. The van der Waals surface area contributed by atoms with Gasteiger partial charge in [-0.15, -0.1) is 5.10 Å². The standard InChI is InChI=1S/C12H13N3O2S/c1-3-15(12(17)11-7-13-14-18-11)10-6-9(16)5-4-8(10)2/h4-7,16H,3H2,1-2H3. The maximum atomic E-state index is 12.3. The molecule has 0 aliphatic heterocycles. The van der Waals surface area contributed by atoms with Gasteiger partial charge < -0.3 is 10.0 Å². The van der Waals surface area contributed by atoms with Crippen molar-refractivity contribution in [2.45, 2.75) is 13.8 Å². The largest absolute Gasteiger partial charge is 0.508 e. The fraction of sp³-hybridized carbons (Fsp3) is 0.250.